The van der Waals surface area contributed by atoms with Crippen molar-refractivity contribution in [2.24, 2.45) is 0 Å². The number of benzene rings is 1. The Morgan fingerprint density at radius 3 is 2.36 bits per heavy atom. The fourth-order valence-corrected chi connectivity index (χ4v) is 2.66. The molecule has 0 radical (unpaired) electrons. The number of carbonyl (C=O) groups is 2. The highest BCUT2D eigenvalue weighted by molar-refractivity contribution is 9.10. The third-order valence-corrected chi connectivity index (χ3v) is 4.13. The molecular weight excluding hydrogens is 352 g/mol. The van der Waals surface area contributed by atoms with Gasteiger partial charge in [-0.2, -0.15) is 5.10 Å². The highest BCUT2D eigenvalue weighted by Gasteiger charge is 2.29. The molecule has 116 valence electrons. The van der Waals surface area contributed by atoms with Gasteiger partial charge in [-0.05, 0) is 47.0 Å². The standard InChI is InChI=1S/C15H15BrN2O4/c1-8-6-5-7-10(9(8)2)18-13(16)11(14(19)21-3)12(17-18)15(20)22-4/h5-7H,1-4H3. The van der Waals surface area contributed by atoms with Crippen molar-refractivity contribution in [1.29, 1.82) is 0 Å². The van der Waals surface area contributed by atoms with E-state index in [4.69, 9.17) is 4.74 Å². The molecule has 0 saturated carbocycles. The lowest BCUT2D eigenvalue weighted by atomic mass is 10.1. The van der Waals surface area contributed by atoms with Crippen molar-refractivity contribution in [1.82, 2.24) is 9.78 Å². The number of hydrogen-bond acceptors (Lipinski definition) is 5. The van der Waals surface area contributed by atoms with Crippen LogP contribution in [0.25, 0.3) is 5.69 Å². The predicted octanol–water partition coefficient (Wildman–Crippen LogP) is 2.82. The van der Waals surface area contributed by atoms with Gasteiger partial charge in [0.05, 0.1) is 19.9 Å². The number of carbonyl (C=O) groups excluding carboxylic acids is 2. The number of ether oxygens (including phenoxy) is 2. The molecule has 0 amide bonds. The number of rotatable bonds is 3. The molecule has 0 fully saturated rings. The maximum absolute atomic E-state index is 12.0. The molecule has 0 atom stereocenters. The van der Waals surface area contributed by atoms with Crippen molar-refractivity contribution < 1.29 is 19.1 Å². The Kier molecular flexibility index (Phi) is 4.65. The number of aromatic nitrogens is 2. The molecule has 22 heavy (non-hydrogen) atoms. The van der Waals surface area contributed by atoms with Crippen LogP contribution in [0.4, 0.5) is 0 Å². The molecule has 7 heteroatoms. The molecule has 0 unspecified atom stereocenters. The maximum atomic E-state index is 12.0. The van der Waals surface area contributed by atoms with Crippen LogP contribution < -0.4 is 0 Å². The first-order valence-electron chi connectivity index (χ1n) is 6.44. The summed E-state index contributed by atoms with van der Waals surface area (Å²) in [7, 11) is 2.47. The Morgan fingerprint density at radius 1 is 1.14 bits per heavy atom. The van der Waals surface area contributed by atoms with Crippen LogP contribution in [-0.4, -0.2) is 35.9 Å². The number of halogens is 1. The molecule has 1 heterocycles. The summed E-state index contributed by atoms with van der Waals surface area (Å²) in [5, 5.41) is 4.22. The van der Waals surface area contributed by atoms with Gasteiger partial charge in [0, 0.05) is 0 Å². The highest BCUT2D eigenvalue weighted by atomic mass is 79.9. The zero-order valence-corrected chi connectivity index (χ0v) is 14.2. The average molecular weight is 367 g/mol. The van der Waals surface area contributed by atoms with Crippen molar-refractivity contribution >= 4 is 27.9 Å². The van der Waals surface area contributed by atoms with E-state index in [0.29, 0.717) is 4.60 Å². The van der Waals surface area contributed by atoms with Crippen LogP contribution in [0, 0.1) is 13.8 Å². The van der Waals surface area contributed by atoms with Crippen LogP contribution in [0.2, 0.25) is 0 Å². The van der Waals surface area contributed by atoms with Crippen molar-refractivity contribution in [3.63, 3.8) is 0 Å². The molecule has 6 nitrogen and oxygen atoms in total. The van der Waals surface area contributed by atoms with Gasteiger partial charge in [0.25, 0.3) is 0 Å². The summed E-state index contributed by atoms with van der Waals surface area (Å²) in [6.07, 6.45) is 0. The second-order valence-corrected chi connectivity index (χ2v) is 5.38. The summed E-state index contributed by atoms with van der Waals surface area (Å²) in [5.41, 5.74) is 2.75. The molecule has 0 bridgehead atoms. The first-order valence-corrected chi connectivity index (χ1v) is 7.23. The third-order valence-electron chi connectivity index (χ3n) is 3.40. The van der Waals surface area contributed by atoms with E-state index < -0.39 is 11.9 Å². The van der Waals surface area contributed by atoms with Crippen LogP contribution in [0.1, 0.15) is 32.0 Å². The Balaban J connectivity index is 2.73. The van der Waals surface area contributed by atoms with Crippen molar-refractivity contribution in [2.45, 2.75) is 13.8 Å². The molecule has 2 aromatic rings. The molecule has 0 aliphatic rings. The molecule has 2 rings (SSSR count). The average Bonchev–Trinajstić information content (AvgIpc) is 2.86. The van der Waals surface area contributed by atoms with E-state index in [2.05, 4.69) is 25.8 Å². The lowest BCUT2D eigenvalue weighted by Crippen LogP contribution is -2.10. The van der Waals surface area contributed by atoms with Gasteiger partial charge >= 0.3 is 11.9 Å². The monoisotopic (exact) mass is 366 g/mol. The number of aryl methyl sites for hydroxylation is 1. The molecule has 1 aromatic heterocycles. The van der Waals surface area contributed by atoms with Gasteiger partial charge in [-0.1, -0.05) is 12.1 Å². The van der Waals surface area contributed by atoms with E-state index in [9.17, 15) is 9.59 Å². The second-order valence-electron chi connectivity index (χ2n) is 4.63. The normalized spacial score (nSPS) is 10.4. The minimum atomic E-state index is -0.704. The number of hydrogen-bond donors (Lipinski definition) is 0. The largest absolute Gasteiger partial charge is 0.465 e. The minimum absolute atomic E-state index is 0.0373. The van der Waals surface area contributed by atoms with Crippen LogP contribution >= 0.6 is 15.9 Å². The Labute approximate surface area is 136 Å². The van der Waals surface area contributed by atoms with E-state index >= 15 is 0 Å². The summed E-state index contributed by atoms with van der Waals surface area (Å²) in [5.74, 6) is -1.37. The van der Waals surface area contributed by atoms with Crippen molar-refractivity contribution in [3.8, 4) is 5.69 Å². The van der Waals surface area contributed by atoms with Crippen LogP contribution in [0.15, 0.2) is 22.8 Å². The molecule has 0 saturated heterocycles. The minimum Gasteiger partial charge on any atom is -0.465 e. The van der Waals surface area contributed by atoms with Gasteiger partial charge in [0.15, 0.2) is 5.69 Å². The lowest BCUT2D eigenvalue weighted by Gasteiger charge is -2.09. The highest BCUT2D eigenvalue weighted by Crippen LogP contribution is 2.28. The summed E-state index contributed by atoms with van der Waals surface area (Å²) in [6.45, 7) is 3.91. The fourth-order valence-electron chi connectivity index (χ4n) is 2.04. The van der Waals surface area contributed by atoms with Gasteiger partial charge in [-0.3, -0.25) is 0 Å². The van der Waals surface area contributed by atoms with E-state index in [0.717, 1.165) is 16.8 Å². The molecule has 0 N–H and O–H groups in total. The van der Waals surface area contributed by atoms with Crippen LogP contribution in [0.5, 0.6) is 0 Å². The molecular formula is C15H15BrN2O4. The second kappa shape index (κ2) is 6.31. The van der Waals surface area contributed by atoms with Crippen molar-refractivity contribution in [3.05, 3.63) is 45.2 Å². The van der Waals surface area contributed by atoms with E-state index in [1.807, 2.05) is 32.0 Å². The summed E-state index contributed by atoms with van der Waals surface area (Å²) < 4.78 is 11.2. The zero-order chi connectivity index (χ0) is 16.4. The fraction of sp³-hybridized carbons (Fsp3) is 0.267. The Bertz CT molecular complexity index is 752. The predicted molar refractivity (Wildman–Crippen MR) is 83.4 cm³/mol. The number of nitrogens with zero attached hydrogens (tertiary/aromatic N) is 2. The SMILES string of the molecule is COC(=O)c1nn(-c2cccc(C)c2C)c(Br)c1C(=O)OC. The van der Waals surface area contributed by atoms with Gasteiger partial charge < -0.3 is 9.47 Å². The Hall–Kier alpha value is -2.15. The molecule has 0 aliphatic heterocycles. The van der Waals surface area contributed by atoms with Gasteiger partial charge in [0.2, 0.25) is 0 Å². The first kappa shape index (κ1) is 16.2. The topological polar surface area (TPSA) is 70.4 Å². The van der Waals surface area contributed by atoms with Gasteiger partial charge in [-0.15, -0.1) is 0 Å². The van der Waals surface area contributed by atoms with Gasteiger partial charge in [-0.25, -0.2) is 14.3 Å². The van der Waals surface area contributed by atoms with E-state index in [-0.39, 0.29) is 11.3 Å². The smallest absolute Gasteiger partial charge is 0.359 e. The summed E-state index contributed by atoms with van der Waals surface area (Å²) in [4.78, 5) is 23.8. The molecule has 0 aliphatic carbocycles. The van der Waals surface area contributed by atoms with Crippen LogP contribution in [-0.2, 0) is 9.47 Å². The Morgan fingerprint density at radius 2 is 1.77 bits per heavy atom. The first-order chi connectivity index (χ1) is 10.4. The van der Waals surface area contributed by atoms with E-state index in [1.165, 1.54) is 18.9 Å². The summed E-state index contributed by atoms with van der Waals surface area (Å²) in [6, 6.07) is 5.70. The third kappa shape index (κ3) is 2.64. The summed E-state index contributed by atoms with van der Waals surface area (Å²) >= 11 is 3.33. The van der Waals surface area contributed by atoms with Gasteiger partial charge in [0.1, 0.15) is 10.2 Å². The zero-order valence-electron chi connectivity index (χ0n) is 12.6. The molecule has 0 spiro atoms. The maximum Gasteiger partial charge on any atom is 0.359 e. The number of methoxy groups -OCH3 is 2. The van der Waals surface area contributed by atoms with E-state index in [1.54, 1.807) is 0 Å². The number of esters is 2. The van der Waals surface area contributed by atoms with Crippen molar-refractivity contribution in [2.75, 3.05) is 14.2 Å². The van der Waals surface area contributed by atoms with Crippen LogP contribution in [0.3, 0.4) is 0 Å². The molecule has 1 aromatic carbocycles. The lowest BCUT2D eigenvalue weighted by molar-refractivity contribution is 0.0551. The quantitative estimate of drug-likeness (QED) is 0.781.